The standard InChI is InChI=1S/C16H17N2/c1-12-8-9-15(13(2)10-12)18-11-14-6-4-5-7-16(14)17(18)3/h4-11H,1-3H3/q+1. The third-order valence-corrected chi connectivity index (χ3v) is 3.47. The second-order valence-corrected chi connectivity index (χ2v) is 4.85. The van der Waals surface area contributed by atoms with Crippen LogP contribution in [-0.4, -0.2) is 4.68 Å². The first-order valence-electron chi connectivity index (χ1n) is 6.21. The quantitative estimate of drug-likeness (QED) is 0.575. The second kappa shape index (κ2) is 3.98. The highest BCUT2D eigenvalue weighted by Gasteiger charge is 2.14. The van der Waals surface area contributed by atoms with E-state index in [0.717, 1.165) is 0 Å². The van der Waals surface area contributed by atoms with Crippen molar-refractivity contribution in [2.45, 2.75) is 13.8 Å². The van der Waals surface area contributed by atoms with Crippen LogP contribution >= 0.6 is 0 Å². The Labute approximate surface area is 107 Å². The van der Waals surface area contributed by atoms with E-state index in [0.29, 0.717) is 0 Å². The molecule has 2 heteroatoms. The molecule has 1 aromatic heterocycles. The number of fused-ring (bicyclic) bond motifs is 1. The van der Waals surface area contributed by atoms with Crippen molar-refractivity contribution in [3.05, 3.63) is 59.8 Å². The van der Waals surface area contributed by atoms with E-state index in [1.807, 2.05) is 0 Å². The number of aromatic nitrogens is 2. The number of para-hydroxylation sites is 1. The van der Waals surface area contributed by atoms with Crippen molar-refractivity contribution in [3.63, 3.8) is 0 Å². The fourth-order valence-electron chi connectivity index (χ4n) is 2.52. The molecule has 0 spiro atoms. The molecule has 0 radical (unpaired) electrons. The molecule has 90 valence electrons. The summed E-state index contributed by atoms with van der Waals surface area (Å²) < 4.78 is 4.40. The Bertz CT molecular complexity index is 723. The molecule has 3 aromatic rings. The van der Waals surface area contributed by atoms with E-state index in [2.05, 4.69) is 78.9 Å². The van der Waals surface area contributed by atoms with E-state index in [-0.39, 0.29) is 0 Å². The molecule has 0 saturated heterocycles. The van der Waals surface area contributed by atoms with Gasteiger partial charge in [-0.2, -0.15) is 0 Å². The zero-order valence-corrected chi connectivity index (χ0v) is 11.0. The third kappa shape index (κ3) is 1.61. The molecule has 3 rings (SSSR count). The molecule has 0 amide bonds. The number of hydrogen-bond acceptors (Lipinski definition) is 0. The molecule has 0 bridgehead atoms. The fourth-order valence-corrected chi connectivity index (χ4v) is 2.52. The Morgan fingerprint density at radius 1 is 1.00 bits per heavy atom. The highest BCUT2D eigenvalue weighted by Crippen LogP contribution is 2.17. The maximum Gasteiger partial charge on any atom is 0.238 e. The number of aryl methyl sites for hydroxylation is 3. The van der Waals surface area contributed by atoms with E-state index in [9.17, 15) is 0 Å². The number of rotatable bonds is 1. The van der Waals surface area contributed by atoms with Crippen LogP contribution in [0.3, 0.4) is 0 Å². The van der Waals surface area contributed by atoms with Gasteiger partial charge in [0, 0.05) is 6.07 Å². The van der Waals surface area contributed by atoms with Crippen LogP contribution in [0.4, 0.5) is 0 Å². The first-order chi connectivity index (χ1) is 8.66. The van der Waals surface area contributed by atoms with Gasteiger partial charge >= 0.3 is 0 Å². The van der Waals surface area contributed by atoms with Gasteiger partial charge in [-0.05, 0) is 31.5 Å². The highest BCUT2D eigenvalue weighted by atomic mass is 15.4. The van der Waals surface area contributed by atoms with E-state index in [4.69, 9.17) is 0 Å². The Hall–Kier alpha value is -2.09. The Balaban J connectivity index is 2.28. The summed E-state index contributed by atoms with van der Waals surface area (Å²) in [6.07, 6.45) is 2.19. The minimum Gasteiger partial charge on any atom is -0.127 e. The second-order valence-electron chi connectivity index (χ2n) is 4.85. The highest BCUT2D eigenvalue weighted by molar-refractivity contribution is 5.75. The average Bonchev–Trinajstić information content (AvgIpc) is 2.68. The molecule has 0 unspecified atom stereocenters. The van der Waals surface area contributed by atoms with Gasteiger partial charge in [-0.3, -0.25) is 0 Å². The van der Waals surface area contributed by atoms with Gasteiger partial charge < -0.3 is 0 Å². The predicted octanol–water partition coefficient (Wildman–Crippen LogP) is 3.07. The molecule has 2 nitrogen and oxygen atoms in total. The summed E-state index contributed by atoms with van der Waals surface area (Å²) in [5.41, 5.74) is 5.08. The topological polar surface area (TPSA) is 8.81 Å². The van der Waals surface area contributed by atoms with Crippen LogP contribution < -0.4 is 4.68 Å². The van der Waals surface area contributed by atoms with Gasteiger partial charge in [-0.1, -0.05) is 29.8 Å². The summed E-state index contributed by atoms with van der Waals surface area (Å²) in [6.45, 7) is 4.29. The van der Waals surface area contributed by atoms with Crippen molar-refractivity contribution in [1.29, 1.82) is 0 Å². The maximum absolute atomic E-state index is 2.22. The van der Waals surface area contributed by atoms with Crippen molar-refractivity contribution in [2.24, 2.45) is 7.05 Å². The van der Waals surface area contributed by atoms with Crippen LogP contribution in [0.2, 0.25) is 0 Å². The molecular formula is C16H17N2+. The molecule has 18 heavy (non-hydrogen) atoms. The molecule has 0 saturated carbocycles. The molecule has 0 aliphatic heterocycles. The lowest BCUT2D eigenvalue weighted by atomic mass is 10.1. The minimum absolute atomic E-state index is 1.24. The Morgan fingerprint density at radius 2 is 1.78 bits per heavy atom. The van der Waals surface area contributed by atoms with Crippen molar-refractivity contribution in [3.8, 4) is 5.69 Å². The van der Waals surface area contributed by atoms with Crippen LogP contribution in [0.1, 0.15) is 11.1 Å². The monoisotopic (exact) mass is 237 g/mol. The zero-order valence-electron chi connectivity index (χ0n) is 11.0. The van der Waals surface area contributed by atoms with E-state index >= 15 is 0 Å². The molecule has 2 aromatic carbocycles. The van der Waals surface area contributed by atoms with Crippen LogP contribution in [0.15, 0.2) is 48.7 Å². The molecule has 0 aliphatic rings. The fraction of sp³-hybridized carbons (Fsp3) is 0.188. The smallest absolute Gasteiger partial charge is 0.127 e. The van der Waals surface area contributed by atoms with Crippen molar-refractivity contribution in [2.75, 3.05) is 0 Å². The first-order valence-corrected chi connectivity index (χ1v) is 6.21. The normalized spacial score (nSPS) is 11.1. The van der Waals surface area contributed by atoms with Gasteiger partial charge in [-0.25, -0.2) is 0 Å². The summed E-state index contributed by atoms with van der Waals surface area (Å²) in [7, 11) is 2.10. The van der Waals surface area contributed by atoms with Gasteiger partial charge in [0.25, 0.3) is 0 Å². The summed E-state index contributed by atoms with van der Waals surface area (Å²) in [5, 5.41) is 1.26. The molecule has 0 aliphatic carbocycles. The Kier molecular flexibility index (Phi) is 2.44. The number of hydrogen-bond donors (Lipinski definition) is 0. The van der Waals surface area contributed by atoms with Gasteiger partial charge in [0.2, 0.25) is 5.52 Å². The van der Waals surface area contributed by atoms with Crippen molar-refractivity contribution in [1.82, 2.24) is 4.68 Å². The van der Waals surface area contributed by atoms with Gasteiger partial charge in [0.1, 0.15) is 5.69 Å². The van der Waals surface area contributed by atoms with Crippen molar-refractivity contribution < 1.29 is 4.68 Å². The largest absolute Gasteiger partial charge is 0.238 e. The Morgan fingerprint density at radius 3 is 2.50 bits per heavy atom. The summed E-state index contributed by atoms with van der Waals surface area (Å²) in [4.78, 5) is 0. The zero-order chi connectivity index (χ0) is 12.7. The first kappa shape index (κ1) is 11.0. The van der Waals surface area contributed by atoms with Crippen LogP contribution in [0, 0.1) is 13.8 Å². The third-order valence-electron chi connectivity index (χ3n) is 3.47. The summed E-state index contributed by atoms with van der Waals surface area (Å²) in [5.74, 6) is 0. The van der Waals surface area contributed by atoms with Crippen LogP contribution in [0.5, 0.6) is 0 Å². The van der Waals surface area contributed by atoms with E-state index in [1.165, 1.54) is 27.7 Å². The summed E-state index contributed by atoms with van der Waals surface area (Å²) in [6, 6.07) is 15.0. The maximum atomic E-state index is 2.22. The molecule has 1 heterocycles. The lowest BCUT2D eigenvalue weighted by molar-refractivity contribution is -0.720. The minimum atomic E-state index is 1.24. The van der Waals surface area contributed by atoms with Gasteiger partial charge in [0.05, 0.1) is 11.6 Å². The molecule has 0 fully saturated rings. The molecule has 0 N–H and O–H groups in total. The van der Waals surface area contributed by atoms with E-state index < -0.39 is 0 Å². The lowest BCUT2D eigenvalue weighted by Crippen LogP contribution is -2.38. The molecule has 0 atom stereocenters. The molecular weight excluding hydrogens is 220 g/mol. The van der Waals surface area contributed by atoms with E-state index in [1.54, 1.807) is 0 Å². The van der Waals surface area contributed by atoms with Crippen molar-refractivity contribution >= 4 is 10.9 Å². The number of nitrogens with zero attached hydrogens (tertiary/aromatic N) is 2. The summed E-state index contributed by atoms with van der Waals surface area (Å²) >= 11 is 0. The van der Waals surface area contributed by atoms with Gasteiger partial charge in [-0.15, -0.1) is 9.36 Å². The lowest BCUT2D eigenvalue weighted by Gasteiger charge is -2.05. The van der Waals surface area contributed by atoms with Crippen LogP contribution in [-0.2, 0) is 7.05 Å². The average molecular weight is 237 g/mol. The SMILES string of the molecule is Cc1ccc(-n2cc3ccccc3[n+]2C)c(C)c1. The van der Waals surface area contributed by atoms with Gasteiger partial charge in [0.15, 0.2) is 7.05 Å². The van der Waals surface area contributed by atoms with Crippen LogP contribution in [0.25, 0.3) is 16.6 Å². The predicted molar refractivity (Wildman–Crippen MR) is 73.9 cm³/mol. The number of benzene rings is 2.